The molecule has 0 aliphatic heterocycles. The molecule has 3 aromatic carbocycles. The molecule has 178 valence electrons. The van der Waals surface area contributed by atoms with Crippen LogP contribution in [0, 0.1) is 5.82 Å². The molecule has 0 unspecified atom stereocenters. The minimum Gasteiger partial charge on any atom is -0.494 e. The van der Waals surface area contributed by atoms with Gasteiger partial charge in [0.25, 0.3) is 5.91 Å². The Kier molecular flexibility index (Phi) is 8.17. The number of rotatable bonds is 10. The van der Waals surface area contributed by atoms with Gasteiger partial charge in [0.05, 0.1) is 29.6 Å². The highest BCUT2D eigenvalue weighted by atomic mass is 19.1. The Hall–Kier alpha value is -4.06. The normalized spacial score (nSPS) is 11.1. The van der Waals surface area contributed by atoms with Crippen LogP contribution in [0.15, 0.2) is 84.0 Å². The summed E-state index contributed by atoms with van der Waals surface area (Å²) in [5.74, 6) is 0.142. The SMILES string of the molecule is CCCCCCOc1ccc(C=NNC(=O)c2cc(-c3ccc(F)cc3)nc3ccccc23)cc1. The zero-order chi connectivity index (χ0) is 24.5. The molecule has 0 atom stereocenters. The Morgan fingerprint density at radius 3 is 2.54 bits per heavy atom. The number of aromatic nitrogens is 1. The number of hydrogen-bond acceptors (Lipinski definition) is 4. The van der Waals surface area contributed by atoms with Crippen molar-refractivity contribution in [1.82, 2.24) is 10.4 Å². The first kappa shape index (κ1) is 24.1. The predicted molar refractivity (Wildman–Crippen MR) is 138 cm³/mol. The highest BCUT2D eigenvalue weighted by Crippen LogP contribution is 2.25. The number of hydrogen-bond donors (Lipinski definition) is 1. The maximum Gasteiger partial charge on any atom is 0.272 e. The first-order chi connectivity index (χ1) is 17.1. The Labute approximate surface area is 204 Å². The van der Waals surface area contributed by atoms with E-state index < -0.39 is 0 Å². The number of unbranched alkanes of at least 4 members (excludes halogenated alkanes) is 3. The van der Waals surface area contributed by atoms with Crippen LogP contribution in [0.3, 0.4) is 0 Å². The molecule has 0 saturated heterocycles. The highest BCUT2D eigenvalue weighted by Gasteiger charge is 2.13. The standard InChI is InChI=1S/C29H28FN3O2/c1-2-3-4-7-18-35-24-16-10-21(11-17-24)20-31-33-29(34)26-19-28(22-12-14-23(30)15-13-22)32-27-9-6-5-8-25(26)27/h5-6,8-17,19-20H,2-4,7,18H2,1H3,(H,33,34). The van der Waals surface area contributed by atoms with Crippen molar-refractivity contribution < 1.29 is 13.9 Å². The van der Waals surface area contributed by atoms with Gasteiger partial charge in [0.15, 0.2) is 0 Å². The van der Waals surface area contributed by atoms with Gasteiger partial charge in [-0.1, -0.05) is 44.4 Å². The van der Waals surface area contributed by atoms with E-state index in [2.05, 4.69) is 22.4 Å². The van der Waals surface area contributed by atoms with Crippen LogP contribution in [-0.2, 0) is 0 Å². The van der Waals surface area contributed by atoms with E-state index in [9.17, 15) is 9.18 Å². The molecule has 0 radical (unpaired) electrons. The molecule has 35 heavy (non-hydrogen) atoms. The number of nitrogens with one attached hydrogen (secondary N) is 1. The van der Waals surface area contributed by atoms with E-state index in [1.165, 1.54) is 31.4 Å². The van der Waals surface area contributed by atoms with Crippen molar-refractivity contribution in [2.45, 2.75) is 32.6 Å². The summed E-state index contributed by atoms with van der Waals surface area (Å²) in [6, 6.07) is 22.7. The third-order valence-electron chi connectivity index (χ3n) is 5.63. The quantitative estimate of drug-likeness (QED) is 0.158. The molecular formula is C29H28FN3O2. The maximum absolute atomic E-state index is 13.4. The molecule has 0 aliphatic carbocycles. The Morgan fingerprint density at radius 2 is 1.77 bits per heavy atom. The minimum absolute atomic E-state index is 0.326. The summed E-state index contributed by atoms with van der Waals surface area (Å²) in [7, 11) is 0. The molecule has 1 heterocycles. The summed E-state index contributed by atoms with van der Waals surface area (Å²) < 4.78 is 19.1. The van der Waals surface area contributed by atoms with Crippen LogP contribution in [0.1, 0.15) is 48.5 Å². The van der Waals surface area contributed by atoms with Crippen LogP contribution >= 0.6 is 0 Å². The van der Waals surface area contributed by atoms with Crippen LogP contribution in [0.4, 0.5) is 4.39 Å². The van der Waals surface area contributed by atoms with Crippen molar-refractivity contribution >= 4 is 23.0 Å². The molecular weight excluding hydrogens is 441 g/mol. The second kappa shape index (κ2) is 11.9. The Bertz CT molecular complexity index is 1300. The first-order valence-corrected chi connectivity index (χ1v) is 11.9. The number of pyridine rings is 1. The molecule has 0 spiro atoms. The van der Waals surface area contributed by atoms with Crippen LogP contribution in [0.5, 0.6) is 5.75 Å². The second-order valence-electron chi connectivity index (χ2n) is 8.26. The average Bonchev–Trinajstić information content (AvgIpc) is 2.89. The first-order valence-electron chi connectivity index (χ1n) is 11.9. The van der Waals surface area contributed by atoms with Crippen molar-refractivity contribution in [3.8, 4) is 17.0 Å². The van der Waals surface area contributed by atoms with Gasteiger partial charge in [-0.25, -0.2) is 14.8 Å². The van der Waals surface area contributed by atoms with Crippen molar-refractivity contribution in [3.05, 3.63) is 95.8 Å². The van der Waals surface area contributed by atoms with Gasteiger partial charge < -0.3 is 4.74 Å². The van der Waals surface area contributed by atoms with Crippen molar-refractivity contribution in [2.75, 3.05) is 6.61 Å². The molecule has 0 fully saturated rings. The largest absolute Gasteiger partial charge is 0.494 e. The van der Waals surface area contributed by atoms with E-state index >= 15 is 0 Å². The number of ether oxygens (including phenoxy) is 1. The summed E-state index contributed by atoms with van der Waals surface area (Å²) >= 11 is 0. The van der Waals surface area contributed by atoms with E-state index in [-0.39, 0.29) is 11.7 Å². The van der Waals surface area contributed by atoms with Crippen LogP contribution in [-0.4, -0.2) is 23.7 Å². The number of benzene rings is 3. The lowest BCUT2D eigenvalue weighted by Gasteiger charge is -2.09. The predicted octanol–water partition coefficient (Wildman–Crippen LogP) is 6.76. The van der Waals surface area contributed by atoms with Crippen molar-refractivity contribution in [2.24, 2.45) is 5.10 Å². The lowest BCUT2D eigenvalue weighted by Crippen LogP contribution is -2.18. The third kappa shape index (κ3) is 6.51. The fourth-order valence-electron chi connectivity index (χ4n) is 3.73. The molecule has 1 amide bonds. The smallest absolute Gasteiger partial charge is 0.272 e. The number of hydrazone groups is 1. The Morgan fingerprint density at radius 1 is 1.00 bits per heavy atom. The van der Waals surface area contributed by atoms with Crippen LogP contribution < -0.4 is 10.2 Å². The van der Waals surface area contributed by atoms with E-state index in [1.807, 2.05) is 48.5 Å². The van der Waals surface area contributed by atoms with E-state index in [4.69, 9.17) is 4.74 Å². The van der Waals surface area contributed by atoms with Gasteiger partial charge in [0, 0.05) is 10.9 Å². The van der Waals surface area contributed by atoms with Crippen LogP contribution in [0.2, 0.25) is 0 Å². The van der Waals surface area contributed by atoms with Crippen molar-refractivity contribution in [1.29, 1.82) is 0 Å². The molecule has 5 nitrogen and oxygen atoms in total. The zero-order valence-electron chi connectivity index (χ0n) is 19.7. The van der Waals surface area contributed by atoms with E-state index in [1.54, 1.807) is 24.4 Å². The van der Waals surface area contributed by atoms with Gasteiger partial charge in [-0.2, -0.15) is 5.10 Å². The number of halogens is 1. The fourth-order valence-corrected chi connectivity index (χ4v) is 3.73. The number of nitrogens with zero attached hydrogens (tertiary/aromatic N) is 2. The number of carbonyl (C=O) groups excluding carboxylic acids is 1. The molecule has 4 aromatic rings. The Balaban J connectivity index is 1.44. The van der Waals surface area contributed by atoms with Gasteiger partial charge in [-0.05, 0) is 72.6 Å². The topological polar surface area (TPSA) is 63.6 Å². The monoisotopic (exact) mass is 469 g/mol. The lowest BCUT2D eigenvalue weighted by atomic mass is 10.0. The second-order valence-corrected chi connectivity index (χ2v) is 8.26. The highest BCUT2D eigenvalue weighted by molar-refractivity contribution is 6.07. The molecule has 4 rings (SSSR count). The number of amides is 1. The maximum atomic E-state index is 13.4. The number of fused-ring (bicyclic) bond motifs is 1. The molecule has 0 bridgehead atoms. The molecule has 1 N–H and O–H groups in total. The summed E-state index contributed by atoms with van der Waals surface area (Å²) in [6.45, 7) is 2.90. The number of carbonyl (C=O) groups is 1. The summed E-state index contributed by atoms with van der Waals surface area (Å²) in [6.07, 6.45) is 6.26. The minimum atomic E-state index is -0.352. The van der Waals surface area contributed by atoms with Gasteiger partial charge in [-0.3, -0.25) is 4.79 Å². The molecule has 0 saturated carbocycles. The van der Waals surface area contributed by atoms with Crippen LogP contribution in [0.25, 0.3) is 22.2 Å². The zero-order valence-corrected chi connectivity index (χ0v) is 19.7. The van der Waals surface area contributed by atoms with Gasteiger partial charge in [0.2, 0.25) is 0 Å². The van der Waals surface area contributed by atoms with Gasteiger partial charge in [-0.15, -0.1) is 0 Å². The number of para-hydroxylation sites is 1. The van der Waals surface area contributed by atoms with Crippen molar-refractivity contribution in [3.63, 3.8) is 0 Å². The van der Waals surface area contributed by atoms with E-state index in [0.29, 0.717) is 28.8 Å². The average molecular weight is 470 g/mol. The molecule has 1 aromatic heterocycles. The molecule has 0 aliphatic rings. The summed E-state index contributed by atoms with van der Waals surface area (Å²) in [5, 5.41) is 4.84. The van der Waals surface area contributed by atoms with Gasteiger partial charge in [0.1, 0.15) is 11.6 Å². The third-order valence-corrected chi connectivity index (χ3v) is 5.63. The molecule has 6 heteroatoms. The lowest BCUT2D eigenvalue weighted by molar-refractivity contribution is 0.0956. The van der Waals surface area contributed by atoms with E-state index in [0.717, 1.165) is 23.3 Å². The fraction of sp³-hybridized carbons (Fsp3) is 0.207. The van der Waals surface area contributed by atoms with Gasteiger partial charge >= 0.3 is 0 Å². The summed E-state index contributed by atoms with van der Waals surface area (Å²) in [5.41, 5.74) is 5.88. The summed E-state index contributed by atoms with van der Waals surface area (Å²) in [4.78, 5) is 17.6.